The maximum atomic E-state index is 11.3. The van der Waals surface area contributed by atoms with E-state index >= 15 is 0 Å². The minimum atomic E-state index is -1.02. The van der Waals surface area contributed by atoms with E-state index in [0.717, 1.165) is 16.5 Å². The van der Waals surface area contributed by atoms with E-state index in [4.69, 9.17) is 5.11 Å². The minimum absolute atomic E-state index is 0.245. The highest BCUT2D eigenvalue weighted by Crippen LogP contribution is 2.19. The molecule has 2 aromatic rings. The Hall–Kier alpha value is -1.57. The smallest absolute Gasteiger partial charge is 0.326 e. The molecule has 100 valence electrons. The summed E-state index contributed by atoms with van der Waals surface area (Å²) in [7, 11) is 0. The Balaban J connectivity index is 2.21. The zero-order valence-corrected chi connectivity index (χ0v) is 12.2. The Morgan fingerprint density at radius 3 is 2.79 bits per heavy atom. The average molecular weight is 372 g/mol. The van der Waals surface area contributed by atoms with Gasteiger partial charge in [-0.15, -0.1) is 0 Å². The van der Waals surface area contributed by atoms with Crippen molar-refractivity contribution in [3.05, 3.63) is 36.0 Å². The van der Waals surface area contributed by atoms with Gasteiger partial charge in [-0.2, -0.15) is 0 Å². The van der Waals surface area contributed by atoms with Crippen molar-refractivity contribution in [2.24, 2.45) is 0 Å². The molecule has 0 saturated carbocycles. The van der Waals surface area contributed by atoms with Crippen molar-refractivity contribution in [3.8, 4) is 0 Å². The van der Waals surface area contributed by atoms with Crippen LogP contribution in [0.5, 0.6) is 0 Å². The molecule has 1 heterocycles. The molecule has 0 aliphatic heterocycles. The summed E-state index contributed by atoms with van der Waals surface area (Å²) < 4.78 is 0.245. The number of aromatic nitrogens is 1. The third-order valence-electron chi connectivity index (χ3n) is 2.85. The zero-order chi connectivity index (χ0) is 13.8. The molecule has 1 amide bonds. The molecule has 1 aromatic carbocycles. The third-order valence-corrected chi connectivity index (χ3v) is 3.55. The number of aliphatic carboxylic acids is 1. The lowest BCUT2D eigenvalue weighted by atomic mass is 10.1. The summed E-state index contributed by atoms with van der Waals surface area (Å²) in [6, 6.07) is 6.77. The number of carboxylic acid groups (broad SMARTS) is 1. The van der Waals surface area contributed by atoms with Crippen LogP contribution in [0.3, 0.4) is 0 Å². The van der Waals surface area contributed by atoms with Gasteiger partial charge in [0.2, 0.25) is 5.91 Å². The number of fused-ring (bicyclic) bond motifs is 1. The number of hydrogen-bond donors (Lipinski definition) is 3. The SMILES string of the molecule is O=C(CI)N[C@@H](Cc1c[nH]c2ccccc12)C(=O)O. The average Bonchev–Trinajstić information content (AvgIpc) is 2.81. The summed E-state index contributed by atoms with van der Waals surface area (Å²) in [6.45, 7) is 0. The van der Waals surface area contributed by atoms with Crippen molar-refractivity contribution in [3.63, 3.8) is 0 Å². The summed E-state index contributed by atoms with van der Waals surface area (Å²) in [4.78, 5) is 25.6. The zero-order valence-electron chi connectivity index (χ0n) is 10.0. The molecule has 0 spiro atoms. The lowest BCUT2D eigenvalue weighted by molar-refractivity contribution is -0.141. The molecule has 0 radical (unpaired) electrons. The van der Waals surface area contributed by atoms with Crippen LogP contribution in [0.4, 0.5) is 0 Å². The number of aromatic amines is 1. The standard InChI is InChI=1S/C13H13IN2O3/c14-6-12(17)16-11(13(18)19)5-8-7-15-10-4-2-1-3-9(8)10/h1-4,7,11,15H,5-6H2,(H,16,17)(H,18,19)/t11-/m0/s1. The van der Waals surface area contributed by atoms with Gasteiger partial charge in [-0.25, -0.2) is 4.79 Å². The number of halogens is 1. The first-order chi connectivity index (χ1) is 9.11. The highest BCUT2D eigenvalue weighted by atomic mass is 127. The summed E-state index contributed by atoms with van der Waals surface area (Å²) in [5.74, 6) is -1.30. The van der Waals surface area contributed by atoms with E-state index in [9.17, 15) is 9.59 Å². The van der Waals surface area contributed by atoms with Gasteiger partial charge in [-0.1, -0.05) is 40.8 Å². The van der Waals surface area contributed by atoms with Crippen LogP contribution < -0.4 is 5.32 Å². The van der Waals surface area contributed by atoms with E-state index in [1.165, 1.54) is 0 Å². The van der Waals surface area contributed by atoms with E-state index in [1.807, 2.05) is 46.9 Å². The molecule has 3 N–H and O–H groups in total. The monoisotopic (exact) mass is 372 g/mol. The Bertz CT molecular complexity index is 609. The number of H-pyrrole nitrogens is 1. The maximum Gasteiger partial charge on any atom is 0.326 e. The molecular formula is C13H13IN2O3. The van der Waals surface area contributed by atoms with Gasteiger partial charge in [0.25, 0.3) is 0 Å². The second kappa shape index (κ2) is 6.05. The van der Waals surface area contributed by atoms with E-state index in [0.29, 0.717) is 0 Å². The summed E-state index contributed by atoms with van der Waals surface area (Å²) in [5, 5.41) is 12.7. The Labute approximate surface area is 123 Å². The summed E-state index contributed by atoms with van der Waals surface area (Å²) in [5.41, 5.74) is 1.85. The van der Waals surface area contributed by atoms with Crippen molar-refractivity contribution >= 4 is 45.4 Å². The van der Waals surface area contributed by atoms with Gasteiger partial charge in [0, 0.05) is 23.5 Å². The van der Waals surface area contributed by atoms with E-state index in [-0.39, 0.29) is 16.8 Å². The quantitative estimate of drug-likeness (QED) is 0.552. The number of carboxylic acids is 1. The topological polar surface area (TPSA) is 82.2 Å². The Morgan fingerprint density at radius 2 is 2.11 bits per heavy atom. The molecule has 19 heavy (non-hydrogen) atoms. The van der Waals surface area contributed by atoms with Crippen LogP contribution in [0.2, 0.25) is 0 Å². The molecule has 2 rings (SSSR count). The Kier molecular flexibility index (Phi) is 4.41. The normalized spacial score (nSPS) is 12.3. The number of carbonyl (C=O) groups excluding carboxylic acids is 1. The lowest BCUT2D eigenvalue weighted by Gasteiger charge is -2.13. The number of hydrogen-bond acceptors (Lipinski definition) is 2. The number of para-hydroxylation sites is 1. The van der Waals surface area contributed by atoms with Crippen LogP contribution in [0.15, 0.2) is 30.5 Å². The number of rotatable bonds is 5. The first-order valence-corrected chi connectivity index (χ1v) is 7.27. The van der Waals surface area contributed by atoms with Crippen molar-refractivity contribution < 1.29 is 14.7 Å². The Morgan fingerprint density at radius 1 is 1.37 bits per heavy atom. The van der Waals surface area contributed by atoms with Crippen LogP contribution in [-0.4, -0.2) is 32.4 Å². The van der Waals surface area contributed by atoms with Gasteiger partial charge >= 0.3 is 5.97 Å². The van der Waals surface area contributed by atoms with Crippen molar-refractivity contribution in [2.45, 2.75) is 12.5 Å². The van der Waals surface area contributed by atoms with Crippen molar-refractivity contribution in [2.75, 3.05) is 4.43 Å². The molecule has 0 aliphatic carbocycles. The summed E-state index contributed by atoms with van der Waals surface area (Å²) >= 11 is 1.90. The molecule has 5 nitrogen and oxygen atoms in total. The predicted molar refractivity (Wildman–Crippen MR) is 80.5 cm³/mol. The number of alkyl halides is 1. The van der Waals surface area contributed by atoms with Gasteiger partial charge in [0.15, 0.2) is 0 Å². The number of nitrogens with one attached hydrogen (secondary N) is 2. The largest absolute Gasteiger partial charge is 0.480 e. The summed E-state index contributed by atoms with van der Waals surface area (Å²) in [6.07, 6.45) is 2.05. The fourth-order valence-electron chi connectivity index (χ4n) is 1.95. The number of benzene rings is 1. The molecular weight excluding hydrogens is 359 g/mol. The van der Waals surface area contributed by atoms with Gasteiger partial charge in [-0.3, -0.25) is 4.79 Å². The van der Waals surface area contributed by atoms with E-state index in [2.05, 4.69) is 10.3 Å². The molecule has 1 aromatic heterocycles. The lowest BCUT2D eigenvalue weighted by Crippen LogP contribution is -2.42. The third kappa shape index (κ3) is 3.25. The van der Waals surface area contributed by atoms with Crippen molar-refractivity contribution in [1.82, 2.24) is 10.3 Å². The molecule has 0 bridgehead atoms. The second-order valence-corrected chi connectivity index (χ2v) is 4.92. The number of amides is 1. The molecule has 0 unspecified atom stereocenters. The first kappa shape index (κ1) is 13.9. The predicted octanol–water partition coefficient (Wildman–Crippen LogP) is 1.71. The highest BCUT2D eigenvalue weighted by Gasteiger charge is 2.21. The maximum absolute atomic E-state index is 11.3. The van der Waals surface area contributed by atoms with Gasteiger partial charge in [0.05, 0.1) is 4.43 Å². The fraction of sp³-hybridized carbons (Fsp3) is 0.231. The van der Waals surface area contributed by atoms with Crippen LogP contribution in [0, 0.1) is 0 Å². The molecule has 6 heteroatoms. The molecule has 0 fully saturated rings. The van der Waals surface area contributed by atoms with Crippen LogP contribution >= 0.6 is 22.6 Å². The van der Waals surface area contributed by atoms with Crippen LogP contribution in [0.1, 0.15) is 5.56 Å². The first-order valence-electron chi connectivity index (χ1n) is 5.75. The van der Waals surface area contributed by atoms with Crippen molar-refractivity contribution in [1.29, 1.82) is 0 Å². The molecule has 0 aliphatic rings. The number of carbonyl (C=O) groups is 2. The van der Waals surface area contributed by atoms with Crippen LogP contribution in [-0.2, 0) is 16.0 Å². The van der Waals surface area contributed by atoms with Gasteiger partial charge in [-0.05, 0) is 11.6 Å². The van der Waals surface area contributed by atoms with E-state index < -0.39 is 12.0 Å². The fourth-order valence-corrected chi connectivity index (χ4v) is 2.17. The second-order valence-electron chi connectivity index (χ2n) is 4.16. The molecule has 0 saturated heterocycles. The molecule has 1 atom stereocenters. The minimum Gasteiger partial charge on any atom is -0.480 e. The van der Waals surface area contributed by atoms with E-state index in [1.54, 1.807) is 6.20 Å². The van der Waals surface area contributed by atoms with Crippen LogP contribution in [0.25, 0.3) is 10.9 Å². The van der Waals surface area contributed by atoms with Gasteiger partial charge < -0.3 is 15.4 Å². The van der Waals surface area contributed by atoms with Gasteiger partial charge in [0.1, 0.15) is 6.04 Å². The highest BCUT2D eigenvalue weighted by molar-refractivity contribution is 14.1.